The summed E-state index contributed by atoms with van der Waals surface area (Å²) in [7, 11) is 0. The Kier molecular flexibility index (Phi) is 3.89. The highest BCUT2D eigenvalue weighted by molar-refractivity contribution is 7.99. The molecule has 1 heterocycles. The quantitative estimate of drug-likeness (QED) is 0.835. The summed E-state index contributed by atoms with van der Waals surface area (Å²) in [5.41, 5.74) is 0.179. The number of benzene rings is 1. The van der Waals surface area contributed by atoms with E-state index in [1.54, 1.807) is 4.90 Å². The van der Waals surface area contributed by atoms with Gasteiger partial charge in [-0.05, 0) is 24.3 Å². The van der Waals surface area contributed by atoms with Gasteiger partial charge in [0.1, 0.15) is 11.6 Å². The van der Waals surface area contributed by atoms with Crippen molar-refractivity contribution in [1.82, 2.24) is 4.90 Å². The minimum Gasteiger partial charge on any atom is -0.507 e. The second-order valence-electron chi connectivity index (χ2n) is 3.92. The average molecular weight is 255 g/mol. The first kappa shape index (κ1) is 12.2. The van der Waals surface area contributed by atoms with E-state index >= 15 is 0 Å². The molecule has 2 rings (SSSR count). The molecule has 92 valence electrons. The largest absolute Gasteiger partial charge is 0.507 e. The summed E-state index contributed by atoms with van der Waals surface area (Å²) >= 11 is 1.82. The average Bonchev–Trinajstić information content (AvgIpc) is 2.56. The zero-order valence-corrected chi connectivity index (χ0v) is 10.2. The number of thioether (sulfide) groups is 1. The smallest absolute Gasteiger partial charge is 0.257 e. The van der Waals surface area contributed by atoms with E-state index in [0.717, 1.165) is 24.0 Å². The zero-order chi connectivity index (χ0) is 12.3. The van der Waals surface area contributed by atoms with Gasteiger partial charge in [-0.2, -0.15) is 11.8 Å². The normalized spacial score (nSPS) is 16.6. The van der Waals surface area contributed by atoms with Gasteiger partial charge in [0.2, 0.25) is 0 Å². The molecule has 17 heavy (non-hydrogen) atoms. The van der Waals surface area contributed by atoms with Gasteiger partial charge in [0.15, 0.2) is 0 Å². The number of hydrogen-bond donors (Lipinski definition) is 1. The highest BCUT2D eigenvalue weighted by Crippen LogP contribution is 2.21. The fourth-order valence-corrected chi connectivity index (χ4v) is 2.69. The molecule has 1 N–H and O–H groups in total. The first-order valence-corrected chi connectivity index (χ1v) is 6.69. The van der Waals surface area contributed by atoms with Gasteiger partial charge in [-0.3, -0.25) is 4.79 Å². The van der Waals surface area contributed by atoms with Crippen molar-refractivity contribution in [2.24, 2.45) is 0 Å². The second kappa shape index (κ2) is 5.40. The lowest BCUT2D eigenvalue weighted by molar-refractivity contribution is 0.0765. The van der Waals surface area contributed by atoms with Crippen LogP contribution in [0, 0.1) is 5.82 Å². The van der Waals surface area contributed by atoms with Crippen LogP contribution >= 0.6 is 11.8 Å². The molecule has 1 aromatic carbocycles. The van der Waals surface area contributed by atoms with Crippen molar-refractivity contribution < 1.29 is 14.3 Å². The molecule has 0 radical (unpaired) electrons. The van der Waals surface area contributed by atoms with Crippen LogP contribution < -0.4 is 0 Å². The third-order valence-corrected chi connectivity index (χ3v) is 3.75. The molecule has 1 aliphatic rings. The maximum absolute atomic E-state index is 12.8. The lowest BCUT2D eigenvalue weighted by Crippen LogP contribution is -2.32. The molecular formula is C12H14FNO2S. The van der Waals surface area contributed by atoms with Crippen LogP contribution in [-0.2, 0) is 0 Å². The van der Waals surface area contributed by atoms with Gasteiger partial charge in [0.25, 0.3) is 5.91 Å². The van der Waals surface area contributed by atoms with Crippen LogP contribution in [0.4, 0.5) is 4.39 Å². The topological polar surface area (TPSA) is 40.5 Å². The number of rotatable bonds is 1. The number of carbonyl (C=O) groups excluding carboxylic acids is 1. The Bertz CT molecular complexity index is 417. The number of halogens is 1. The van der Waals surface area contributed by atoms with Gasteiger partial charge < -0.3 is 10.0 Å². The van der Waals surface area contributed by atoms with Crippen LogP contribution in [0.15, 0.2) is 18.2 Å². The zero-order valence-electron chi connectivity index (χ0n) is 9.36. The van der Waals surface area contributed by atoms with Crippen LogP contribution in [0.25, 0.3) is 0 Å². The van der Waals surface area contributed by atoms with E-state index in [1.165, 1.54) is 12.1 Å². The highest BCUT2D eigenvalue weighted by atomic mass is 32.2. The van der Waals surface area contributed by atoms with Crippen LogP contribution in [0.3, 0.4) is 0 Å². The molecule has 1 amide bonds. The van der Waals surface area contributed by atoms with Crippen LogP contribution in [0.1, 0.15) is 16.8 Å². The van der Waals surface area contributed by atoms with Gasteiger partial charge in [-0.25, -0.2) is 4.39 Å². The Labute approximate surface area is 104 Å². The molecule has 0 bridgehead atoms. The molecule has 0 aromatic heterocycles. The predicted molar refractivity (Wildman–Crippen MR) is 65.9 cm³/mol. The molecule has 0 saturated carbocycles. The Hall–Kier alpha value is -1.23. The summed E-state index contributed by atoms with van der Waals surface area (Å²) in [6.45, 7) is 1.38. The van der Waals surface area contributed by atoms with Gasteiger partial charge in [-0.15, -0.1) is 0 Å². The van der Waals surface area contributed by atoms with E-state index in [1.807, 2.05) is 11.8 Å². The van der Waals surface area contributed by atoms with E-state index in [2.05, 4.69) is 0 Å². The predicted octanol–water partition coefficient (Wildman–Crippen LogP) is 2.11. The van der Waals surface area contributed by atoms with Gasteiger partial charge in [0, 0.05) is 24.9 Å². The first-order chi connectivity index (χ1) is 8.18. The van der Waals surface area contributed by atoms with Crippen LogP contribution in [-0.4, -0.2) is 40.5 Å². The Morgan fingerprint density at radius 3 is 2.94 bits per heavy atom. The van der Waals surface area contributed by atoms with Gasteiger partial charge >= 0.3 is 0 Å². The number of phenols is 1. The SMILES string of the molecule is O=C(c1ccc(F)cc1O)N1CCCSCC1. The fraction of sp³-hybridized carbons (Fsp3) is 0.417. The number of phenolic OH excluding ortho intramolecular Hbond substituents is 1. The third-order valence-electron chi connectivity index (χ3n) is 2.70. The molecule has 1 saturated heterocycles. The lowest BCUT2D eigenvalue weighted by Gasteiger charge is -2.20. The monoisotopic (exact) mass is 255 g/mol. The Balaban J connectivity index is 2.17. The summed E-state index contributed by atoms with van der Waals surface area (Å²) < 4.78 is 12.8. The van der Waals surface area contributed by atoms with Gasteiger partial charge in [-0.1, -0.05) is 0 Å². The number of nitrogens with zero attached hydrogens (tertiary/aromatic N) is 1. The van der Waals surface area contributed by atoms with Crippen molar-refractivity contribution >= 4 is 17.7 Å². The minimum atomic E-state index is -0.537. The van der Waals surface area contributed by atoms with E-state index in [9.17, 15) is 14.3 Å². The Morgan fingerprint density at radius 1 is 1.35 bits per heavy atom. The summed E-state index contributed by atoms with van der Waals surface area (Å²) in [4.78, 5) is 13.8. The summed E-state index contributed by atoms with van der Waals surface area (Å²) in [6, 6.07) is 3.50. The van der Waals surface area contributed by atoms with Crippen molar-refractivity contribution in [3.8, 4) is 5.75 Å². The molecule has 1 fully saturated rings. The molecule has 1 aliphatic heterocycles. The van der Waals surface area contributed by atoms with Crippen molar-refractivity contribution in [3.05, 3.63) is 29.6 Å². The van der Waals surface area contributed by atoms with Crippen LogP contribution in [0.5, 0.6) is 5.75 Å². The molecular weight excluding hydrogens is 241 g/mol. The summed E-state index contributed by atoms with van der Waals surface area (Å²) in [6.07, 6.45) is 0.957. The van der Waals surface area contributed by atoms with Crippen LogP contribution in [0.2, 0.25) is 0 Å². The van der Waals surface area contributed by atoms with Crippen molar-refractivity contribution in [3.63, 3.8) is 0 Å². The Morgan fingerprint density at radius 2 is 2.18 bits per heavy atom. The van der Waals surface area contributed by atoms with E-state index in [4.69, 9.17) is 0 Å². The van der Waals surface area contributed by atoms with Crippen molar-refractivity contribution in [1.29, 1.82) is 0 Å². The molecule has 1 aromatic rings. The number of hydrogen-bond acceptors (Lipinski definition) is 3. The molecule has 0 unspecified atom stereocenters. The molecule has 5 heteroatoms. The first-order valence-electron chi connectivity index (χ1n) is 5.54. The van der Waals surface area contributed by atoms with Gasteiger partial charge in [0.05, 0.1) is 5.56 Å². The lowest BCUT2D eigenvalue weighted by atomic mass is 10.1. The second-order valence-corrected chi connectivity index (χ2v) is 5.14. The standard InChI is InChI=1S/C12H14FNO2S/c13-9-2-3-10(11(15)8-9)12(16)14-4-1-6-17-7-5-14/h2-3,8,15H,1,4-7H2. The summed E-state index contributed by atoms with van der Waals surface area (Å²) in [5.74, 6) is 0.926. The van der Waals surface area contributed by atoms with Crippen molar-refractivity contribution in [2.45, 2.75) is 6.42 Å². The highest BCUT2D eigenvalue weighted by Gasteiger charge is 2.20. The number of aromatic hydroxyl groups is 1. The van der Waals surface area contributed by atoms with E-state index in [0.29, 0.717) is 13.1 Å². The van der Waals surface area contributed by atoms with E-state index in [-0.39, 0.29) is 17.2 Å². The number of amides is 1. The van der Waals surface area contributed by atoms with E-state index < -0.39 is 5.82 Å². The van der Waals surface area contributed by atoms with Crippen molar-refractivity contribution in [2.75, 3.05) is 24.6 Å². The maximum Gasteiger partial charge on any atom is 0.257 e. The molecule has 0 spiro atoms. The third kappa shape index (κ3) is 2.91. The fourth-order valence-electron chi connectivity index (χ4n) is 1.81. The minimum absolute atomic E-state index is 0.179. The number of carbonyl (C=O) groups is 1. The molecule has 0 atom stereocenters. The molecule has 0 aliphatic carbocycles. The summed E-state index contributed by atoms with van der Waals surface area (Å²) in [5, 5.41) is 9.57. The molecule has 3 nitrogen and oxygen atoms in total. The maximum atomic E-state index is 12.8.